The first-order chi connectivity index (χ1) is 10.2. The van der Waals surface area contributed by atoms with Gasteiger partial charge in [-0.3, -0.25) is 4.99 Å². The van der Waals surface area contributed by atoms with Crippen LogP contribution in [0.2, 0.25) is 0 Å². The molecule has 0 aliphatic carbocycles. The summed E-state index contributed by atoms with van der Waals surface area (Å²) in [4.78, 5) is 11.6. The molecule has 2 rings (SSSR count). The molecule has 2 heterocycles. The summed E-state index contributed by atoms with van der Waals surface area (Å²) in [6.45, 7) is 7.93. The first-order valence-electron chi connectivity index (χ1n) is 7.18. The third kappa shape index (κ3) is 5.13. The van der Waals surface area contributed by atoms with E-state index in [1.165, 1.54) is 9.75 Å². The number of thiophene rings is 1. The van der Waals surface area contributed by atoms with Crippen LogP contribution in [0.4, 0.5) is 0 Å². The molecular weight excluding hydrogens is 300 g/mol. The standard InChI is InChI=1S/C15H22N4S2/c1-4-16-15(19-12(3)13-6-5-9-20-13)17-8-7-14-18-10-11(2)21-14/h5-6,9-10,12H,4,7-8H2,1-3H3,(H2,16,17,19). The lowest BCUT2D eigenvalue weighted by molar-refractivity contribution is 0.697. The molecule has 0 spiro atoms. The van der Waals surface area contributed by atoms with Gasteiger partial charge in [0.15, 0.2) is 5.96 Å². The van der Waals surface area contributed by atoms with Gasteiger partial charge in [0.25, 0.3) is 0 Å². The van der Waals surface area contributed by atoms with Gasteiger partial charge in [-0.15, -0.1) is 22.7 Å². The van der Waals surface area contributed by atoms with Crippen LogP contribution >= 0.6 is 22.7 Å². The molecule has 1 atom stereocenters. The summed E-state index contributed by atoms with van der Waals surface area (Å²) in [6.07, 6.45) is 2.81. The minimum atomic E-state index is 0.268. The van der Waals surface area contributed by atoms with Crippen LogP contribution in [-0.2, 0) is 6.42 Å². The highest BCUT2D eigenvalue weighted by Gasteiger charge is 2.08. The van der Waals surface area contributed by atoms with Crippen LogP contribution < -0.4 is 10.6 Å². The minimum absolute atomic E-state index is 0.268. The molecule has 0 aromatic carbocycles. The molecule has 0 bridgehead atoms. The highest BCUT2D eigenvalue weighted by molar-refractivity contribution is 7.11. The van der Waals surface area contributed by atoms with Crippen molar-refractivity contribution < 1.29 is 0 Å². The predicted octanol–water partition coefficient (Wildman–Crippen LogP) is 3.37. The Hall–Kier alpha value is -1.40. The Balaban J connectivity index is 1.89. The van der Waals surface area contributed by atoms with Crippen LogP contribution in [0.1, 0.15) is 34.7 Å². The minimum Gasteiger partial charge on any atom is -0.357 e. The van der Waals surface area contributed by atoms with Crippen molar-refractivity contribution in [2.45, 2.75) is 33.2 Å². The van der Waals surface area contributed by atoms with Crippen molar-refractivity contribution in [3.63, 3.8) is 0 Å². The molecule has 4 nitrogen and oxygen atoms in total. The molecule has 0 aliphatic rings. The molecule has 0 amide bonds. The van der Waals surface area contributed by atoms with Crippen molar-refractivity contribution in [1.82, 2.24) is 15.6 Å². The van der Waals surface area contributed by atoms with Gasteiger partial charge in [-0.2, -0.15) is 0 Å². The smallest absolute Gasteiger partial charge is 0.191 e. The van der Waals surface area contributed by atoms with Gasteiger partial charge in [-0.05, 0) is 32.2 Å². The second-order valence-corrected chi connectivity index (χ2v) is 7.06. The highest BCUT2D eigenvalue weighted by Crippen LogP contribution is 2.17. The monoisotopic (exact) mass is 322 g/mol. The zero-order chi connectivity index (χ0) is 15.1. The van der Waals surface area contributed by atoms with Gasteiger partial charge in [0.1, 0.15) is 0 Å². The molecule has 21 heavy (non-hydrogen) atoms. The molecule has 1 unspecified atom stereocenters. The topological polar surface area (TPSA) is 49.3 Å². The van der Waals surface area contributed by atoms with Gasteiger partial charge in [0.2, 0.25) is 0 Å². The zero-order valence-corrected chi connectivity index (χ0v) is 14.4. The van der Waals surface area contributed by atoms with E-state index in [4.69, 9.17) is 0 Å². The van der Waals surface area contributed by atoms with E-state index in [1.807, 2.05) is 6.20 Å². The lowest BCUT2D eigenvalue weighted by Gasteiger charge is -2.16. The second-order valence-electron chi connectivity index (χ2n) is 4.76. The third-order valence-corrected chi connectivity index (χ3v) is 4.96. The van der Waals surface area contributed by atoms with Crippen LogP contribution in [0, 0.1) is 6.92 Å². The molecule has 114 valence electrons. The number of hydrogen-bond acceptors (Lipinski definition) is 4. The SMILES string of the molecule is CCNC(=NCCc1ncc(C)s1)NC(C)c1cccs1. The largest absolute Gasteiger partial charge is 0.357 e. The number of thiazole rings is 1. The quantitative estimate of drug-likeness (QED) is 0.633. The Morgan fingerprint density at radius 2 is 2.33 bits per heavy atom. The van der Waals surface area contributed by atoms with Crippen molar-refractivity contribution in [3.8, 4) is 0 Å². The lowest BCUT2D eigenvalue weighted by atomic mass is 10.3. The van der Waals surface area contributed by atoms with E-state index < -0.39 is 0 Å². The third-order valence-electron chi connectivity index (χ3n) is 2.93. The fraction of sp³-hybridized carbons (Fsp3) is 0.467. The summed E-state index contributed by atoms with van der Waals surface area (Å²) in [5.41, 5.74) is 0. The van der Waals surface area contributed by atoms with Gasteiger partial charge in [0.05, 0.1) is 11.0 Å². The number of aliphatic imine (C=N–C) groups is 1. The lowest BCUT2D eigenvalue weighted by Crippen LogP contribution is -2.38. The Labute approximate surface area is 134 Å². The summed E-state index contributed by atoms with van der Waals surface area (Å²) in [6, 6.07) is 4.49. The van der Waals surface area contributed by atoms with Crippen molar-refractivity contribution in [3.05, 3.63) is 38.5 Å². The van der Waals surface area contributed by atoms with E-state index in [-0.39, 0.29) is 6.04 Å². The predicted molar refractivity (Wildman–Crippen MR) is 92.4 cm³/mol. The number of nitrogens with one attached hydrogen (secondary N) is 2. The van der Waals surface area contributed by atoms with E-state index in [9.17, 15) is 0 Å². The molecule has 2 aromatic rings. The summed E-state index contributed by atoms with van der Waals surface area (Å²) >= 11 is 3.51. The maximum atomic E-state index is 4.63. The van der Waals surface area contributed by atoms with Gasteiger partial charge in [-0.25, -0.2) is 4.98 Å². The summed E-state index contributed by atoms with van der Waals surface area (Å²) in [7, 11) is 0. The fourth-order valence-corrected chi connectivity index (χ4v) is 3.42. The van der Waals surface area contributed by atoms with Crippen LogP contribution in [0.25, 0.3) is 0 Å². The average molecular weight is 323 g/mol. The molecular formula is C15H22N4S2. The highest BCUT2D eigenvalue weighted by atomic mass is 32.1. The van der Waals surface area contributed by atoms with Crippen molar-refractivity contribution >= 4 is 28.6 Å². The maximum Gasteiger partial charge on any atom is 0.191 e. The van der Waals surface area contributed by atoms with Crippen molar-refractivity contribution in [2.24, 2.45) is 4.99 Å². The molecule has 6 heteroatoms. The van der Waals surface area contributed by atoms with Gasteiger partial charge in [0, 0.05) is 35.5 Å². The van der Waals surface area contributed by atoms with Crippen LogP contribution in [0.3, 0.4) is 0 Å². The van der Waals surface area contributed by atoms with Crippen molar-refractivity contribution in [1.29, 1.82) is 0 Å². The number of nitrogens with zero attached hydrogens (tertiary/aromatic N) is 2. The molecule has 0 fully saturated rings. The Morgan fingerprint density at radius 1 is 1.48 bits per heavy atom. The molecule has 2 N–H and O–H groups in total. The molecule has 0 saturated carbocycles. The van der Waals surface area contributed by atoms with Crippen LogP contribution in [-0.4, -0.2) is 24.0 Å². The first kappa shape index (κ1) is 16.0. The van der Waals surface area contributed by atoms with Crippen LogP contribution in [0.15, 0.2) is 28.7 Å². The summed E-state index contributed by atoms with van der Waals surface area (Å²) < 4.78 is 0. The van der Waals surface area contributed by atoms with E-state index in [0.717, 1.165) is 30.5 Å². The van der Waals surface area contributed by atoms with E-state index in [1.54, 1.807) is 22.7 Å². The molecule has 2 aromatic heterocycles. The number of hydrogen-bond donors (Lipinski definition) is 2. The zero-order valence-electron chi connectivity index (χ0n) is 12.7. The molecule has 0 saturated heterocycles. The second kappa shape index (κ2) is 8.14. The Morgan fingerprint density at radius 3 is 2.95 bits per heavy atom. The van der Waals surface area contributed by atoms with E-state index in [0.29, 0.717) is 0 Å². The van der Waals surface area contributed by atoms with Crippen LogP contribution in [0.5, 0.6) is 0 Å². The maximum absolute atomic E-state index is 4.63. The summed E-state index contributed by atoms with van der Waals surface area (Å²) in [5, 5.41) is 9.99. The van der Waals surface area contributed by atoms with Gasteiger partial charge >= 0.3 is 0 Å². The average Bonchev–Trinajstić information content (AvgIpc) is 3.10. The normalized spacial score (nSPS) is 13.2. The first-order valence-corrected chi connectivity index (χ1v) is 8.88. The molecule has 0 radical (unpaired) electrons. The fourth-order valence-electron chi connectivity index (χ4n) is 1.91. The number of guanidine groups is 1. The molecule has 0 aliphatic heterocycles. The van der Waals surface area contributed by atoms with Gasteiger partial charge < -0.3 is 10.6 Å². The number of aryl methyl sites for hydroxylation is 1. The Kier molecular flexibility index (Phi) is 6.20. The number of rotatable bonds is 6. The summed E-state index contributed by atoms with van der Waals surface area (Å²) in [5.74, 6) is 0.867. The van der Waals surface area contributed by atoms with Gasteiger partial charge in [-0.1, -0.05) is 6.07 Å². The van der Waals surface area contributed by atoms with E-state index in [2.05, 4.69) is 58.9 Å². The Bertz CT molecular complexity index is 560. The number of aromatic nitrogens is 1. The van der Waals surface area contributed by atoms with E-state index >= 15 is 0 Å². The van der Waals surface area contributed by atoms with Crippen molar-refractivity contribution in [2.75, 3.05) is 13.1 Å².